The fourth-order valence-corrected chi connectivity index (χ4v) is 2.23. The van der Waals surface area contributed by atoms with Crippen molar-refractivity contribution in [2.75, 3.05) is 0 Å². The molecule has 0 unspecified atom stereocenters. The van der Waals surface area contributed by atoms with Gasteiger partial charge >= 0.3 is 0 Å². The van der Waals surface area contributed by atoms with E-state index in [-0.39, 0.29) is 5.54 Å². The lowest BCUT2D eigenvalue weighted by atomic mass is 10.1. The predicted octanol–water partition coefficient (Wildman–Crippen LogP) is 4.12. The Kier molecular flexibility index (Phi) is 4.24. The minimum absolute atomic E-state index is 0.185. The lowest BCUT2D eigenvalue weighted by Gasteiger charge is -2.15. The zero-order valence-corrected chi connectivity index (χ0v) is 12.8. The number of benzene rings is 1. The van der Waals surface area contributed by atoms with Crippen LogP contribution in [0.5, 0.6) is 0 Å². The number of furan rings is 1. The third kappa shape index (κ3) is 4.00. The molecule has 0 spiro atoms. The van der Waals surface area contributed by atoms with Crippen LogP contribution in [0, 0.1) is 0 Å². The molecule has 2 N–H and O–H groups in total. The molecule has 0 fully saturated rings. The molecule has 102 valence electrons. The Morgan fingerprint density at radius 2 is 1.84 bits per heavy atom. The molecular weight excluding hydrogens is 281 g/mol. The van der Waals surface area contributed by atoms with Crippen molar-refractivity contribution in [2.45, 2.75) is 32.9 Å². The van der Waals surface area contributed by atoms with E-state index in [0.717, 1.165) is 23.6 Å². The lowest BCUT2D eigenvalue weighted by molar-refractivity contribution is -0.732. The van der Waals surface area contributed by atoms with Crippen molar-refractivity contribution in [1.29, 1.82) is 0 Å². The van der Waals surface area contributed by atoms with E-state index in [4.69, 9.17) is 27.6 Å². The van der Waals surface area contributed by atoms with Crippen molar-refractivity contribution in [2.24, 2.45) is 0 Å². The van der Waals surface area contributed by atoms with Gasteiger partial charge in [-0.25, -0.2) is 0 Å². The molecule has 19 heavy (non-hydrogen) atoms. The molecule has 0 radical (unpaired) electrons. The molecule has 0 bridgehead atoms. The Labute approximate surface area is 123 Å². The molecule has 1 aromatic carbocycles. The van der Waals surface area contributed by atoms with Crippen LogP contribution in [0.1, 0.15) is 26.5 Å². The molecule has 0 aliphatic carbocycles. The molecule has 2 rings (SSSR count). The maximum absolute atomic E-state index is 6.17. The first-order valence-electron chi connectivity index (χ1n) is 6.24. The summed E-state index contributed by atoms with van der Waals surface area (Å²) < 4.78 is 5.83. The Balaban J connectivity index is 2.16. The highest BCUT2D eigenvalue weighted by atomic mass is 35.5. The van der Waals surface area contributed by atoms with E-state index in [1.807, 2.05) is 24.3 Å². The highest BCUT2D eigenvalue weighted by Gasteiger charge is 2.15. The number of rotatable bonds is 3. The third-order valence-corrected chi connectivity index (χ3v) is 3.32. The number of halogens is 2. The highest BCUT2D eigenvalue weighted by molar-refractivity contribution is 6.36. The molecule has 2 aromatic rings. The second-order valence-electron chi connectivity index (χ2n) is 5.66. The topological polar surface area (TPSA) is 29.8 Å². The van der Waals surface area contributed by atoms with Gasteiger partial charge in [0.25, 0.3) is 0 Å². The minimum atomic E-state index is 0.185. The van der Waals surface area contributed by atoms with Crippen LogP contribution in [0.25, 0.3) is 11.3 Å². The molecule has 0 aliphatic rings. The van der Waals surface area contributed by atoms with Crippen molar-refractivity contribution in [1.82, 2.24) is 0 Å². The van der Waals surface area contributed by atoms with Crippen LogP contribution in [-0.4, -0.2) is 5.54 Å². The van der Waals surface area contributed by atoms with E-state index >= 15 is 0 Å². The summed E-state index contributed by atoms with van der Waals surface area (Å²) in [6.45, 7) is 7.33. The molecular formula is C15H18Cl2NO+. The van der Waals surface area contributed by atoms with Crippen LogP contribution in [0.3, 0.4) is 0 Å². The molecule has 4 heteroatoms. The Morgan fingerprint density at radius 3 is 2.47 bits per heavy atom. The molecule has 0 amide bonds. The van der Waals surface area contributed by atoms with Gasteiger partial charge in [0.2, 0.25) is 0 Å². The number of hydrogen-bond donors (Lipinski definition) is 1. The zero-order chi connectivity index (χ0) is 14.0. The second-order valence-corrected chi connectivity index (χ2v) is 6.51. The standard InChI is InChI=1S/C15H17Cl2NO/c1-15(2,3)18-9-11-5-7-14(19-11)12-6-4-10(16)8-13(12)17/h4-8,18H,9H2,1-3H3/p+1. The van der Waals surface area contributed by atoms with Gasteiger partial charge in [-0.2, -0.15) is 0 Å². The summed E-state index contributed by atoms with van der Waals surface area (Å²) in [5.74, 6) is 1.72. The van der Waals surface area contributed by atoms with E-state index in [1.54, 1.807) is 6.07 Å². The highest BCUT2D eigenvalue weighted by Crippen LogP contribution is 2.31. The Bertz CT molecular complexity index is 570. The van der Waals surface area contributed by atoms with Crippen molar-refractivity contribution >= 4 is 23.2 Å². The summed E-state index contributed by atoms with van der Waals surface area (Å²) in [4.78, 5) is 0. The van der Waals surface area contributed by atoms with Gasteiger partial charge in [-0.05, 0) is 51.1 Å². The van der Waals surface area contributed by atoms with Gasteiger partial charge in [0.1, 0.15) is 12.3 Å². The molecule has 0 saturated heterocycles. The minimum Gasteiger partial charge on any atom is -0.455 e. The van der Waals surface area contributed by atoms with Crippen molar-refractivity contribution in [3.63, 3.8) is 0 Å². The number of hydrogen-bond acceptors (Lipinski definition) is 1. The number of nitrogens with two attached hydrogens (primary N) is 1. The van der Waals surface area contributed by atoms with Gasteiger partial charge in [0.15, 0.2) is 5.76 Å². The molecule has 1 aromatic heterocycles. The van der Waals surface area contributed by atoms with E-state index in [0.29, 0.717) is 10.0 Å². The average Bonchev–Trinajstić information content (AvgIpc) is 2.74. The quantitative estimate of drug-likeness (QED) is 0.908. The van der Waals surface area contributed by atoms with Crippen molar-refractivity contribution < 1.29 is 9.73 Å². The molecule has 0 saturated carbocycles. The van der Waals surface area contributed by atoms with Crippen LogP contribution >= 0.6 is 23.2 Å². The summed E-state index contributed by atoms with van der Waals surface area (Å²) >= 11 is 12.1. The van der Waals surface area contributed by atoms with Gasteiger partial charge in [0, 0.05) is 10.6 Å². The van der Waals surface area contributed by atoms with Gasteiger partial charge in [0.05, 0.1) is 10.6 Å². The van der Waals surface area contributed by atoms with Crippen molar-refractivity contribution in [3.8, 4) is 11.3 Å². The first-order valence-corrected chi connectivity index (χ1v) is 6.99. The van der Waals surface area contributed by atoms with Crippen LogP contribution in [0.2, 0.25) is 10.0 Å². The maximum Gasteiger partial charge on any atom is 0.158 e. The largest absolute Gasteiger partial charge is 0.455 e. The van der Waals surface area contributed by atoms with Gasteiger partial charge in [-0.3, -0.25) is 0 Å². The summed E-state index contributed by atoms with van der Waals surface area (Å²) in [7, 11) is 0. The van der Waals surface area contributed by atoms with Gasteiger partial charge < -0.3 is 9.73 Å². The zero-order valence-electron chi connectivity index (χ0n) is 11.3. The third-order valence-electron chi connectivity index (χ3n) is 2.77. The Morgan fingerprint density at radius 1 is 1.11 bits per heavy atom. The smallest absolute Gasteiger partial charge is 0.158 e. The summed E-state index contributed by atoms with van der Waals surface area (Å²) in [6, 6.07) is 9.35. The fraction of sp³-hybridized carbons (Fsp3) is 0.333. The molecule has 0 aliphatic heterocycles. The van der Waals surface area contributed by atoms with E-state index in [2.05, 4.69) is 26.1 Å². The second kappa shape index (κ2) is 5.58. The van der Waals surface area contributed by atoms with Crippen LogP contribution in [0.4, 0.5) is 0 Å². The molecule has 2 nitrogen and oxygen atoms in total. The summed E-state index contributed by atoms with van der Waals surface area (Å²) in [5.41, 5.74) is 1.05. The predicted molar refractivity (Wildman–Crippen MR) is 79.5 cm³/mol. The van der Waals surface area contributed by atoms with Crippen LogP contribution in [-0.2, 0) is 6.54 Å². The normalized spacial score (nSPS) is 11.8. The fourth-order valence-electron chi connectivity index (χ4n) is 1.73. The van der Waals surface area contributed by atoms with Crippen LogP contribution < -0.4 is 5.32 Å². The van der Waals surface area contributed by atoms with E-state index in [1.165, 1.54) is 0 Å². The van der Waals surface area contributed by atoms with Gasteiger partial charge in [-0.1, -0.05) is 23.2 Å². The molecule has 0 atom stereocenters. The van der Waals surface area contributed by atoms with Crippen molar-refractivity contribution in [3.05, 3.63) is 46.1 Å². The van der Waals surface area contributed by atoms with E-state index in [9.17, 15) is 0 Å². The summed E-state index contributed by atoms with van der Waals surface area (Å²) in [6.07, 6.45) is 0. The lowest BCUT2D eigenvalue weighted by Crippen LogP contribution is -2.92. The first-order chi connectivity index (χ1) is 8.85. The van der Waals surface area contributed by atoms with E-state index < -0.39 is 0 Å². The SMILES string of the molecule is CC(C)(C)[NH2+]Cc1ccc(-c2ccc(Cl)cc2Cl)o1. The van der Waals surface area contributed by atoms with Gasteiger partial charge in [-0.15, -0.1) is 0 Å². The monoisotopic (exact) mass is 298 g/mol. The first kappa shape index (κ1) is 14.4. The molecule has 1 heterocycles. The summed E-state index contributed by atoms with van der Waals surface area (Å²) in [5, 5.41) is 3.47. The Hall–Kier alpha value is -0.960. The average molecular weight is 299 g/mol. The van der Waals surface area contributed by atoms with Crippen LogP contribution in [0.15, 0.2) is 34.7 Å². The number of quaternary nitrogens is 1. The maximum atomic E-state index is 6.17.